The molecule has 0 aliphatic rings. The van der Waals surface area contributed by atoms with Gasteiger partial charge in [0.2, 0.25) is 0 Å². The first-order chi connectivity index (χ1) is 7.15. The molecule has 0 unspecified atom stereocenters. The first-order valence-electron chi connectivity index (χ1n) is 4.47. The predicted molar refractivity (Wildman–Crippen MR) is 55.0 cm³/mol. The van der Waals surface area contributed by atoms with E-state index in [-0.39, 0.29) is 11.3 Å². The number of benzene rings is 1. The van der Waals surface area contributed by atoms with Crippen LogP contribution in [-0.4, -0.2) is 26.2 Å². The van der Waals surface area contributed by atoms with Crippen LogP contribution in [0.25, 0.3) is 0 Å². The van der Waals surface area contributed by atoms with Crippen LogP contribution in [0.1, 0.15) is 10.4 Å². The minimum atomic E-state index is -0.485. The lowest BCUT2D eigenvalue weighted by Crippen LogP contribution is -2.27. The first kappa shape index (κ1) is 11.5. The fraction of sp³-hybridized carbons (Fsp3) is 0.300. The molecule has 82 valence electrons. The van der Waals surface area contributed by atoms with Crippen molar-refractivity contribution in [1.29, 1.82) is 0 Å². The molecule has 5 heteroatoms. The van der Waals surface area contributed by atoms with Gasteiger partial charge in [0.05, 0.1) is 12.2 Å². The van der Waals surface area contributed by atoms with Gasteiger partial charge in [-0.1, -0.05) is 0 Å². The summed E-state index contributed by atoms with van der Waals surface area (Å²) in [5, 5.41) is 2.56. The molecular formula is C10H13FN2O2. The SMILES string of the molecule is COCCNC(=O)c1cc(F)ccc1N. The van der Waals surface area contributed by atoms with Crippen molar-refractivity contribution in [3.8, 4) is 0 Å². The van der Waals surface area contributed by atoms with Gasteiger partial charge < -0.3 is 15.8 Å². The standard InChI is InChI=1S/C10H13FN2O2/c1-15-5-4-13-10(14)8-6-7(11)2-3-9(8)12/h2-3,6H,4-5,12H2,1H3,(H,13,14). The summed E-state index contributed by atoms with van der Waals surface area (Å²) in [6.07, 6.45) is 0. The molecule has 1 aromatic carbocycles. The molecule has 0 spiro atoms. The summed E-state index contributed by atoms with van der Waals surface area (Å²) >= 11 is 0. The van der Waals surface area contributed by atoms with Gasteiger partial charge >= 0.3 is 0 Å². The Bertz CT molecular complexity index is 355. The molecule has 0 radical (unpaired) electrons. The molecular weight excluding hydrogens is 199 g/mol. The maximum Gasteiger partial charge on any atom is 0.253 e. The summed E-state index contributed by atoms with van der Waals surface area (Å²) in [7, 11) is 1.53. The Hall–Kier alpha value is -1.62. The minimum absolute atomic E-state index is 0.145. The van der Waals surface area contributed by atoms with Crippen LogP contribution in [0.15, 0.2) is 18.2 Å². The van der Waals surface area contributed by atoms with Gasteiger partial charge in [-0.3, -0.25) is 4.79 Å². The summed E-state index contributed by atoms with van der Waals surface area (Å²) in [5.74, 6) is -0.884. The van der Waals surface area contributed by atoms with Crippen molar-refractivity contribution in [2.45, 2.75) is 0 Å². The zero-order valence-electron chi connectivity index (χ0n) is 8.42. The van der Waals surface area contributed by atoms with Gasteiger partial charge in [-0.2, -0.15) is 0 Å². The maximum atomic E-state index is 12.8. The summed E-state index contributed by atoms with van der Waals surface area (Å²) in [6, 6.07) is 3.68. The highest BCUT2D eigenvalue weighted by Gasteiger charge is 2.09. The Morgan fingerprint density at radius 3 is 3.00 bits per heavy atom. The lowest BCUT2D eigenvalue weighted by atomic mass is 10.1. The van der Waals surface area contributed by atoms with Crippen LogP contribution in [-0.2, 0) is 4.74 Å². The van der Waals surface area contributed by atoms with E-state index in [4.69, 9.17) is 10.5 Å². The molecule has 0 saturated heterocycles. The van der Waals surface area contributed by atoms with Crippen LogP contribution in [0.5, 0.6) is 0 Å². The number of nitrogens with two attached hydrogens (primary N) is 1. The van der Waals surface area contributed by atoms with Crippen molar-refractivity contribution in [2.75, 3.05) is 26.0 Å². The van der Waals surface area contributed by atoms with E-state index >= 15 is 0 Å². The number of methoxy groups -OCH3 is 1. The van der Waals surface area contributed by atoms with Crippen LogP contribution in [0.4, 0.5) is 10.1 Å². The van der Waals surface area contributed by atoms with Gasteiger partial charge in [0.15, 0.2) is 0 Å². The lowest BCUT2D eigenvalue weighted by molar-refractivity contribution is 0.0937. The van der Waals surface area contributed by atoms with Crippen LogP contribution >= 0.6 is 0 Å². The largest absolute Gasteiger partial charge is 0.398 e. The van der Waals surface area contributed by atoms with Crippen molar-refractivity contribution >= 4 is 11.6 Å². The Labute approximate surface area is 87.2 Å². The van der Waals surface area contributed by atoms with Gasteiger partial charge in [0, 0.05) is 19.3 Å². The first-order valence-corrected chi connectivity index (χ1v) is 4.47. The second kappa shape index (κ2) is 5.31. The molecule has 1 amide bonds. The van der Waals surface area contributed by atoms with Gasteiger partial charge in [0.25, 0.3) is 5.91 Å². The number of nitrogens with one attached hydrogen (secondary N) is 1. The summed E-state index contributed by atoms with van der Waals surface area (Å²) in [4.78, 5) is 11.5. The topological polar surface area (TPSA) is 64.3 Å². The van der Waals surface area contributed by atoms with Gasteiger partial charge in [-0.25, -0.2) is 4.39 Å². The Morgan fingerprint density at radius 1 is 1.60 bits per heavy atom. The van der Waals surface area contributed by atoms with E-state index in [0.29, 0.717) is 13.2 Å². The highest BCUT2D eigenvalue weighted by atomic mass is 19.1. The van der Waals surface area contributed by atoms with E-state index < -0.39 is 11.7 Å². The third-order valence-electron chi connectivity index (χ3n) is 1.85. The van der Waals surface area contributed by atoms with Gasteiger partial charge in [-0.05, 0) is 18.2 Å². The van der Waals surface area contributed by atoms with Crippen molar-refractivity contribution in [2.24, 2.45) is 0 Å². The molecule has 0 fully saturated rings. The average Bonchev–Trinajstić information content (AvgIpc) is 2.22. The number of carbonyl (C=O) groups excluding carboxylic acids is 1. The molecule has 0 atom stereocenters. The van der Waals surface area contributed by atoms with Crippen molar-refractivity contribution in [3.05, 3.63) is 29.6 Å². The number of hydrogen-bond donors (Lipinski definition) is 2. The van der Waals surface area contributed by atoms with Crippen molar-refractivity contribution in [3.63, 3.8) is 0 Å². The molecule has 0 saturated carbocycles. The monoisotopic (exact) mass is 212 g/mol. The Morgan fingerprint density at radius 2 is 2.33 bits per heavy atom. The van der Waals surface area contributed by atoms with E-state index in [9.17, 15) is 9.18 Å². The Kier molecular flexibility index (Phi) is 4.05. The van der Waals surface area contributed by atoms with E-state index in [1.54, 1.807) is 0 Å². The highest BCUT2D eigenvalue weighted by Crippen LogP contribution is 2.12. The number of anilines is 1. The number of rotatable bonds is 4. The molecule has 15 heavy (non-hydrogen) atoms. The number of halogens is 1. The predicted octanol–water partition coefficient (Wildman–Crippen LogP) is 0.784. The van der Waals surface area contributed by atoms with Crippen LogP contribution in [0, 0.1) is 5.82 Å². The van der Waals surface area contributed by atoms with Crippen LogP contribution in [0.3, 0.4) is 0 Å². The van der Waals surface area contributed by atoms with E-state index in [1.807, 2.05) is 0 Å². The van der Waals surface area contributed by atoms with Gasteiger partial charge in [0.1, 0.15) is 5.82 Å². The number of hydrogen-bond acceptors (Lipinski definition) is 3. The molecule has 0 aromatic heterocycles. The van der Waals surface area contributed by atoms with Crippen LogP contribution < -0.4 is 11.1 Å². The number of ether oxygens (including phenoxy) is 1. The third-order valence-corrected chi connectivity index (χ3v) is 1.85. The average molecular weight is 212 g/mol. The number of carbonyl (C=O) groups is 1. The maximum absolute atomic E-state index is 12.8. The Balaban J connectivity index is 2.68. The molecule has 4 nitrogen and oxygen atoms in total. The van der Waals surface area contributed by atoms with E-state index in [1.165, 1.54) is 19.2 Å². The zero-order chi connectivity index (χ0) is 11.3. The lowest BCUT2D eigenvalue weighted by Gasteiger charge is -2.06. The molecule has 0 aliphatic carbocycles. The second-order valence-corrected chi connectivity index (χ2v) is 2.98. The van der Waals surface area contributed by atoms with Gasteiger partial charge in [-0.15, -0.1) is 0 Å². The fourth-order valence-corrected chi connectivity index (χ4v) is 1.09. The summed E-state index contributed by atoms with van der Waals surface area (Å²) < 4.78 is 17.6. The molecule has 1 rings (SSSR count). The molecule has 0 heterocycles. The van der Waals surface area contributed by atoms with Crippen molar-refractivity contribution < 1.29 is 13.9 Å². The third kappa shape index (κ3) is 3.21. The normalized spacial score (nSPS) is 10.0. The summed E-state index contributed by atoms with van der Waals surface area (Å²) in [5.41, 5.74) is 5.94. The fourth-order valence-electron chi connectivity index (χ4n) is 1.09. The van der Waals surface area contributed by atoms with Crippen LogP contribution in [0.2, 0.25) is 0 Å². The quantitative estimate of drug-likeness (QED) is 0.572. The minimum Gasteiger partial charge on any atom is -0.398 e. The highest BCUT2D eigenvalue weighted by molar-refractivity contribution is 5.99. The smallest absolute Gasteiger partial charge is 0.253 e. The molecule has 0 bridgehead atoms. The zero-order valence-corrected chi connectivity index (χ0v) is 8.42. The number of amides is 1. The molecule has 0 aliphatic heterocycles. The second-order valence-electron chi connectivity index (χ2n) is 2.98. The van der Waals surface area contributed by atoms with E-state index in [0.717, 1.165) is 6.07 Å². The molecule has 1 aromatic rings. The van der Waals surface area contributed by atoms with Crippen molar-refractivity contribution in [1.82, 2.24) is 5.32 Å². The summed E-state index contributed by atoms with van der Waals surface area (Å²) in [6.45, 7) is 0.770. The molecule has 3 N–H and O–H groups in total. The van der Waals surface area contributed by atoms with E-state index in [2.05, 4.69) is 5.32 Å². The number of nitrogen functional groups attached to an aromatic ring is 1.